The number of carbonyl (C=O) groups is 1. The molecule has 0 fully saturated rings. The molecule has 4 rings (SSSR count). The molecule has 0 saturated heterocycles. The van der Waals surface area contributed by atoms with E-state index in [0.717, 1.165) is 18.2 Å². The highest BCUT2D eigenvalue weighted by atomic mass is 35.5. The van der Waals surface area contributed by atoms with Gasteiger partial charge >= 0.3 is 6.18 Å². The molecular formula is C20H12ClF3N2O4. The maximum absolute atomic E-state index is 12.9. The minimum atomic E-state index is -4.50. The summed E-state index contributed by atoms with van der Waals surface area (Å²) in [4.78, 5) is 12.2. The van der Waals surface area contributed by atoms with E-state index in [1.54, 1.807) is 12.1 Å². The molecule has 1 aliphatic heterocycles. The summed E-state index contributed by atoms with van der Waals surface area (Å²) < 4.78 is 54.6. The Morgan fingerprint density at radius 3 is 2.67 bits per heavy atom. The van der Waals surface area contributed by atoms with Gasteiger partial charge in [0.05, 0.1) is 16.8 Å². The lowest BCUT2D eigenvalue weighted by atomic mass is 10.1. The van der Waals surface area contributed by atoms with E-state index >= 15 is 0 Å². The van der Waals surface area contributed by atoms with Crippen molar-refractivity contribution in [1.82, 2.24) is 5.43 Å². The summed E-state index contributed by atoms with van der Waals surface area (Å²) in [6, 6.07) is 10.6. The molecule has 0 aliphatic carbocycles. The predicted molar refractivity (Wildman–Crippen MR) is 102 cm³/mol. The Labute approximate surface area is 172 Å². The van der Waals surface area contributed by atoms with E-state index in [-0.39, 0.29) is 28.9 Å². The minimum Gasteiger partial charge on any atom is -0.455 e. The fourth-order valence-electron chi connectivity index (χ4n) is 2.71. The molecular weight excluding hydrogens is 425 g/mol. The van der Waals surface area contributed by atoms with Gasteiger partial charge in [-0.05, 0) is 48.5 Å². The van der Waals surface area contributed by atoms with Crippen LogP contribution in [0.5, 0.6) is 11.5 Å². The van der Waals surface area contributed by atoms with E-state index in [1.165, 1.54) is 24.4 Å². The van der Waals surface area contributed by atoms with Gasteiger partial charge in [0.2, 0.25) is 6.79 Å². The highest BCUT2D eigenvalue weighted by Crippen LogP contribution is 2.36. The van der Waals surface area contributed by atoms with Gasteiger partial charge in [0, 0.05) is 11.1 Å². The number of nitrogens with zero attached hydrogens (tertiary/aromatic N) is 1. The largest absolute Gasteiger partial charge is 0.455 e. The number of alkyl halides is 3. The normalized spacial score (nSPS) is 13.1. The zero-order chi connectivity index (χ0) is 21.3. The van der Waals surface area contributed by atoms with E-state index in [0.29, 0.717) is 17.1 Å². The average molecular weight is 437 g/mol. The molecule has 2 aromatic carbocycles. The van der Waals surface area contributed by atoms with Crippen molar-refractivity contribution in [3.63, 3.8) is 0 Å². The van der Waals surface area contributed by atoms with Gasteiger partial charge in [-0.25, -0.2) is 5.43 Å². The zero-order valence-electron chi connectivity index (χ0n) is 15.0. The van der Waals surface area contributed by atoms with Crippen LogP contribution in [0.1, 0.15) is 21.7 Å². The number of hydrogen-bond acceptors (Lipinski definition) is 5. The number of fused-ring (bicyclic) bond motifs is 1. The Hall–Kier alpha value is -3.46. The van der Waals surface area contributed by atoms with E-state index in [9.17, 15) is 18.0 Å². The third kappa shape index (κ3) is 4.11. The number of rotatable bonds is 4. The first-order valence-corrected chi connectivity index (χ1v) is 8.89. The summed E-state index contributed by atoms with van der Waals surface area (Å²) in [6.07, 6.45) is -3.29. The number of furan rings is 1. The van der Waals surface area contributed by atoms with Gasteiger partial charge in [0.25, 0.3) is 5.91 Å². The number of halogens is 4. The summed E-state index contributed by atoms with van der Waals surface area (Å²) in [5.41, 5.74) is 1.89. The average Bonchev–Trinajstić information content (AvgIpc) is 3.36. The van der Waals surface area contributed by atoms with Gasteiger partial charge in [-0.2, -0.15) is 18.3 Å². The first-order valence-electron chi connectivity index (χ1n) is 8.51. The van der Waals surface area contributed by atoms with Gasteiger partial charge in [-0.3, -0.25) is 4.79 Å². The Kier molecular flexibility index (Phi) is 5.13. The lowest BCUT2D eigenvalue weighted by molar-refractivity contribution is -0.137. The van der Waals surface area contributed by atoms with Crippen LogP contribution in [-0.2, 0) is 6.18 Å². The minimum absolute atomic E-state index is 0.0925. The molecule has 1 amide bonds. The lowest BCUT2D eigenvalue weighted by Crippen LogP contribution is -2.17. The number of nitrogens with one attached hydrogen (secondary N) is 1. The highest BCUT2D eigenvalue weighted by Gasteiger charge is 2.31. The maximum atomic E-state index is 12.9. The molecule has 0 bridgehead atoms. The van der Waals surface area contributed by atoms with Crippen molar-refractivity contribution < 1.29 is 31.9 Å². The summed E-state index contributed by atoms with van der Waals surface area (Å²) in [7, 11) is 0. The topological polar surface area (TPSA) is 73.1 Å². The summed E-state index contributed by atoms with van der Waals surface area (Å²) in [6.45, 7) is 0.0925. The standard InChI is InChI=1S/C20H12ClF3N2O4/c21-15-4-2-12(20(22,23)24)8-14(15)16-6-3-13(30-16)9-25-26-19(27)11-1-5-17-18(7-11)29-10-28-17/h1-9H,10H2,(H,26,27)/b25-9+. The molecule has 30 heavy (non-hydrogen) atoms. The van der Waals surface area contributed by atoms with E-state index in [4.69, 9.17) is 25.5 Å². The molecule has 1 aliphatic rings. The molecule has 0 unspecified atom stereocenters. The molecule has 0 atom stereocenters. The number of ether oxygens (including phenoxy) is 2. The molecule has 154 valence electrons. The van der Waals surface area contributed by atoms with Crippen LogP contribution in [0.3, 0.4) is 0 Å². The van der Waals surface area contributed by atoms with Crippen LogP contribution >= 0.6 is 11.6 Å². The number of carbonyl (C=O) groups excluding carboxylic acids is 1. The molecule has 10 heteroatoms. The lowest BCUT2D eigenvalue weighted by Gasteiger charge is -2.09. The summed E-state index contributed by atoms with van der Waals surface area (Å²) in [5.74, 6) is 0.864. The molecule has 2 heterocycles. The molecule has 1 N–H and O–H groups in total. The van der Waals surface area contributed by atoms with Crippen LogP contribution in [0.2, 0.25) is 5.02 Å². The van der Waals surface area contributed by atoms with Crippen molar-refractivity contribution in [1.29, 1.82) is 0 Å². The monoisotopic (exact) mass is 436 g/mol. The summed E-state index contributed by atoms with van der Waals surface area (Å²) >= 11 is 6.01. The van der Waals surface area contributed by atoms with Gasteiger partial charge in [-0.15, -0.1) is 0 Å². The van der Waals surface area contributed by atoms with Gasteiger partial charge in [0.15, 0.2) is 11.5 Å². The molecule has 0 saturated carbocycles. The van der Waals surface area contributed by atoms with Crippen LogP contribution in [-0.4, -0.2) is 18.9 Å². The quantitative estimate of drug-likeness (QED) is 0.455. The van der Waals surface area contributed by atoms with Crippen molar-refractivity contribution >= 4 is 23.7 Å². The number of hydrogen-bond donors (Lipinski definition) is 1. The smallest absolute Gasteiger partial charge is 0.416 e. The van der Waals surface area contributed by atoms with Crippen molar-refractivity contribution in [2.75, 3.05) is 6.79 Å². The third-order valence-corrected chi connectivity index (χ3v) is 4.51. The Morgan fingerprint density at radius 1 is 1.07 bits per heavy atom. The van der Waals surface area contributed by atoms with E-state index in [1.807, 2.05) is 0 Å². The Morgan fingerprint density at radius 2 is 1.87 bits per heavy atom. The molecule has 0 radical (unpaired) electrons. The third-order valence-electron chi connectivity index (χ3n) is 4.18. The van der Waals surface area contributed by atoms with Crippen LogP contribution in [0.25, 0.3) is 11.3 Å². The SMILES string of the molecule is O=C(N/N=C/c1ccc(-c2cc(C(F)(F)F)ccc2Cl)o1)c1ccc2c(c1)OCO2. The second-order valence-electron chi connectivity index (χ2n) is 6.16. The number of benzene rings is 2. The van der Waals surface area contributed by atoms with Crippen molar-refractivity contribution in [3.05, 3.63) is 70.4 Å². The molecule has 3 aromatic rings. The Balaban J connectivity index is 1.46. The molecule has 1 aromatic heterocycles. The maximum Gasteiger partial charge on any atom is 0.416 e. The second kappa shape index (κ2) is 7.75. The fourth-order valence-corrected chi connectivity index (χ4v) is 2.92. The predicted octanol–water partition coefficient (Wildman–Crippen LogP) is 5.11. The van der Waals surface area contributed by atoms with E-state index in [2.05, 4.69) is 10.5 Å². The summed E-state index contributed by atoms with van der Waals surface area (Å²) in [5, 5.41) is 3.90. The first kappa shape index (κ1) is 19.8. The zero-order valence-corrected chi connectivity index (χ0v) is 15.8. The Bertz CT molecular complexity index is 1140. The van der Waals surface area contributed by atoms with Crippen molar-refractivity contribution in [3.8, 4) is 22.8 Å². The van der Waals surface area contributed by atoms with E-state index < -0.39 is 17.6 Å². The van der Waals surface area contributed by atoms with Gasteiger partial charge < -0.3 is 13.9 Å². The van der Waals surface area contributed by atoms with Crippen molar-refractivity contribution in [2.24, 2.45) is 5.10 Å². The van der Waals surface area contributed by atoms with Gasteiger partial charge in [-0.1, -0.05) is 11.6 Å². The van der Waals surface area contributed by atoms with Crippen LogP contribution < -0.4 is 14.9 Å². The van der Waals surface area contributed by atoms with Gasteiger partial charge in [0.1, 0.15) is 11.5 Å². The first-order chi connectivity index (χ1) is 14.3. The van der Waals surface area contributed by atoms with Crippen LogP contribution in [0.4, 0.5) is 13.2 Å². The number of hydrazone groups is 1. The van der Waals surface area contributed by atoms with Crippen molar-refractivity contribution in [2.45, 2.75) is 6.18 Å². The highest BCUT2D eigenvalue weighted by molar-refractivity contribution is 6.33. The fraction of sp³-hybridized carbons (Fsp3) is 0.100. The van der Waals surface area contributed by atoms with Crippen LogP contribution in [0.15, 0.2) is 58.0 Å². The number of amides is 1. The second-order valence-corrected chi connectivity index (χ2v) is 6.57. The molecule has 6 nitrogen and oxygen atoms in total. The van der Waals surface area contributed by atoms with Crippen LogP contribution in [0, 0.1) is 0 Å². The molecule has 0 spiro atoms.